The molecule has 1 heterocycles. The molecule has 1 aliphatic heterocycles. The second-order valence-corrected chi connectivity index (χ2v) is 4.22. The molecule has 2 N–H and O–H groups in total. The number of carbonyl (C=O) groups is 2. The molecule has 0 radical (unpaired) electrons. The topological polar surface area (TPSA) is 67.4 Å². The Morgan fingerprint density at radius 3 is 2.69 bits per heavy atom. The van der Waals surface area contributed by atoms with Crippen LogP contribution in [0, 0.1) is 11.8 Å². The van der Waals surface area contributed by atoms with Gasteiger partial charge in [-0.05, 0) is 26.3 Å². The highest BCUT2D eigenvalue weighted by molar-refractivity contribution is 5.85. The second-order valence-electron chi connectivity index (χ2n) is 4.22. The van der Waals surface area contributed by atoms with Crippen molar-refractivity contribution in [3.63, 3.8) is 0 Å². The van der Waals surface area contributed by atoms with Crippen LogP contribution in [-0.2, 0) is 14.3 Å². The molecule has 0 aromatic rings. The normalized spacial score (nSPS) is 26.2. The van der Waals surface area contributed by atoms with Gasteiger partial charge < -0.3 is 15.4 Å². The minimum Gasteiger partial charge on any atom is -0.464 e. The lowest BCUT2D eigenvalue weighted by Crippen LogP contribution is -2.44. The summed E-state index contributed by atoms with van der Waals surface area (Å²) in [5, 5.41) is 5.84. The van der Waals surface area contributed by atoms with Crippen LogP contribution in [0.4, 0.5) is 0 Å². The Morgan fingerprint density at radius 2 is 2.19 bits per heavy atom. The van der Waals surface area contributed by atoms with Crippen molar-refractivity contribution < 1.29 is 14.3 Å². The zero-order valence-electron chi connectivity index (χ0n) is 10.1. The van der Waals surface area contributed by atoms with E-state index in [1.807, 2.05) is 6.92 Å². The van der Waals surface area contributed by atoms with E-state index in [1.54, 1.807) is 13.8 Å². The minimum absolute atomic E-state index is 0.0446. The van der Waals surface area contributed by atoms with Gasteiger partial charge in [0.25, 0.3) is 0 Å². The summed E-state index contributed by atoms with van der Waals surface area (Å²) in [6.07, 6.45) is 0. The van der Waals surface area contributed by atoms with E-state index >= 15 is 0 Å². The number of hydrogen-bond donors (Lipinski definition) is 2. The first kappa shape index (κ1) is 13.0. The first-order chi connectivity index (χ1) is 7.56. The third kappa shape index (κ3) is 3.20. The van der Waals surface area contributed by atoms with Gasteiger partial charge in [-0.2, -0.15) is 0 Å². The van der Waals surface area contributed by atoms with Crippen molar-refractivity contribution in [2.24, 2.45) is 11.8 Å². The Balaban J connectivity index is 2.41. The van der Waals surface area contributed by atoms with E-state index in [2.05, 4.69) is 10.6 Å². The molecule has 1 rings (SSSR count). The molecule has 1 fully saturated rings. The minimum atomic E-state index is -0.569. The highest BCUT2D eigenvalue weighted by Crippen LogP contribution is 2.15. The molecule has 5 heteroatoms. The number of rotatable bonds is 4. The van der Waals surface area contributed by atoms with Crippen LogP contribution in [0.2, 0.25) is 0 Å². The highest BCUT2D eigenvalue weighted by Gasteiger charge is 2.31. The van der Waals surface area contributed by atoms with Crippen LogP contribution in [-0.4, -0.2) is 37.6 Å². The number of esters is 1. The Hall–Kier alpha value is -1.10. The maximum atomic E-state index is 11.8. The van der Waals surface area contributed by atoms with E-state index in [-0.39, 0.29) is 17.8 Å². The zero-order chi connectivity index (χ0) is 12.1. The smallest absolute Gasteiger partial charge is 0.328 e. The molecule has 3 atom stereocenters. The highest BCUT2D eigenvalue weighted by atomic mass is 16.5. The monoisotopic (exact) mass is 228 g/mol. The lowest BCUT2D eigenvalue weighted by atomic mass is 9.97. The Morgan fingerprint density at radius 1 is 1.50 bits per heavy atom. The number of carbonyl (C=O) groups excluding carboxylic acids is 2. The Bertz CT molecular complexity index is 268. The van der Waals surface area contributed by atoms with Crippen molar-refractivity contribution in [1.82, 2.24) is 10.6 Å². The average Bonchev–Trinajstić information content (AvgIpc) is 2.64. The largest absolute Gasteiger partial charge is 0.464 e. The van der Waals surface area contributed by atoms with Gasteiger partial charge in [0.1, 0.15) is 6.04 Å². The average molecular weight is 228 g/mol. The van der Waals surface area contributed by atoms with Crippen molar-refractivity contribution in [1.29, 1.82) is 0 Å². The molecule has 0 bridgehead atoms. The number of ether oxygens (including phenoxy) is 1. The molecule has 92 valence electrons. The molecule has 1 aliphatic rings. The summed E-state index contributed by atoms with van der Waals surface area (Å²) in [4.78, 5) is 23.1. The van der Waals surface area contributed by atoms with E-state index in [0.717, 1.165) is 6.54 Å². The molecule has 0 spiro atoms. The van der Waals surface area contributed by atoms with Crippen molar-refractivity contribution >= 4 is 11.9 Å². The maximum absolute atomic E-state index is 11.8. The van der Waals surface area contributed by atoms with Crippen molar-refractivity contribution in [3.8, 4) is 0 Å². The van der Waals surface area contributed by atoms with E-state index in [4.69, 9.17) is 4.74 Å². The van der Waals surface area contributed by atoms with Gasteiger partial charge in [0.05, 0.1) is 12.5 Å². The number of nitrogens with one attached hydrogen (secondary N) is 2. The maximum Gasteiger partial charge on any atom is 0.328 e. The first-order valence-corrected chi connectivity index (χ1v) is 5.74. The van der Waals surface area contributed by atoms with Gasteiger partial charge in [-0.15, -0.1) is 0 Å². The van der Waals surface area contributed by atoms with Gasteiger partial charge in [-0.1, -0.05) is 6.92 Å². The fourth-order valence-corrected chi connectivity index (χ4v) is 1.81. The van der Waals surface area contributed by atoms with E-state index < -0.39 is 6.04 Å². The summed E-state index contributed by atoms with van der Waals surface area (Å²) < 4.78 is 4.82. The third-order valence-corrected chi connectivity index (χ3v) is 2.85. The van der Waals surface area contributed by atoms with E-state index in [0.29, 0.717) is 19.1 Å². The molecule has 5 nitrogen and oxygen atoms in total. The predicted molar refractivity (Wildman–Crippen MR) is 59.8 cm³/mol. The van der Waals surface area contributed by atoms with Gasteiger partial charge in [0, 0.05) is 6.54 Å². The molecule has 0 saturated carbocycles. The summed E-state index contributed by atoms with van der Waals surface area (Å²) in [6, 6.07) is -0.569. The van der Waals surface area contributed by atoms with Gasteiger partial charge in [-0.3, -0.25) is 4.79 Å². The summed E-state index contributed by atoms with van der Waals surface area (Å²) in [7, 11) is 0. The van der Waals surface area contributed by atoms with E-state index in [1.165, 1.54) is 0 Å². The van der Waals surface area contributed by atoms with Crippen LogP contribution in [0.15, 0.2) is 0 Å². The predicted octanol–water partition coefficient (Wildman–Crippen LogP) is -0.0903. The zero-order valence-corrected chi connectivity index (χ0v) is 10.1. The van der Waals surface area contributed by atoms with Gasteiger partial charge in [0.2, 0.25) is 5.91 Å². The lowest BCUT2D eigenvalue weighted by Gasteiger charge is -2.17. The summed E-state index contributed by atoms with van der Waals surface area (Å²) >= 11 is 0. The molecular formula is C11H20N2O3. The Kier molecular flexibility index (Phi) is 4.73. The molecule has 0 aromatic heterocycles. The first-order valence-electron chi connectivity index (χ1n) is 5.74. The van der Waals surface area contributed by atoms with Gasteiger partial charge in [0.15, 0.2) is 0 Å². The third-order valence-electron chi connectivity index (χ3n) is 2.85. The number of amides is 1. The summed E-state index contributed by atoms with van der Waals surface area (Å²) in [6.45, 7) is 7.28. The van der Waals surface area contributed by atoms with Crippen LogP contribution < -0.4 is 10.6 Å². The molecule has 0 aromatic carbocycles. The standard InChI is InChI=1S/C11H20N2O3/c1-4-16-11(15)8(3)13-10(14)9-6-12-5-7(9)2/h7-9,12H,4-6H2,1-3H3,(H,13,14). The van der Waals surface area contributed by atoms with Crippen molar-refractivity contribution in [2.75, 3.05) is 19.7 Å². The quantitative estimate of drug-likeness (QED) is 0.660. The molecular weight excluding hydrogens is 208 g/mol. The van der Waals surface area contributed by atoms with Crippen LogP contribution in [0.1, 0.15) is 20.8 Å². The van der Waals surface area contributed by atoms with Gasteiger partial charge >= 0.3 is 5.97 Å². The molecule has 16 heavy (non-hydrogen) atoms. The molecule has 0 aliphatic carbocycles. The van der Waals surface area contributed by atoms with Crippen molar-refractivity contribution in [3.05, 3.63) is 0 Å². The second kappa shape index (κ2) is 5.84. The number of hydrogen-bond acceptors (Lipinski definition) is 4. The molecule has 3 unspecified atom stereocenters. The fourth-order valence-electron chi connectivity index (χ4n) is 1.81. The fraction of sp³-hybridized carbons (Fsp3) is 0.818. The summed E-state index contributed by atoms with van der Waals surface area (Å²) in [5.41, 5.74) is 0. The van der Waals surface area contributed by atoms with E-state index in [9.17, 15) is 9.59 Å². The molecule has 1 saturated heterocycles. The van der Waals surface area contributed by atoms with Crippen LogP contribution in [0.3, 0.4) is 0 Å². The van der Waals surface area contributed by atoms with Crippen LogP contribution in [0.25, 0.3) is 0 Å². The lowest BCUT2D eigenvalue weighted by molar-refractivity contribution is -0.147. The SMILES string of the molecule is CCOC(=O)C(C)NC(=O)C1CNCC1C. The van der Waals surface area contributed by atoms with Gasteiger partial charge in [-0.25, -0.2) is 4.79 Å². The van der Waals surface area contributed by atoms with Crippen LogP contribution in [0.5, 0.6) is 0 Å². The van der Waals surface area contributed by atoms with Crippen LogP contribution >= 0.6 is 0 Å². The Labute approximate surface area is 95.9 Å². The van der Waals surface area contributed by atoms with Crippen molar-refractivity contribution in [2.45, 2.75) is 26.8 Å². The molecule has 1 amide bonds. The summed E-state index contributed by atoms with van der Waals surface area (Å²) in [5.74, 6) is -0.182.